The summed E-state index contributed by atoms with van der Waals surface area (Å²) in [7, 11) is 1.63. The van der Waals surface area contributed by atoms with Crippen LogP contribution < -0.4 is 10.1 Å². The van der Waals surface area contributed by atoms with Gasteiger partial charge in [-0.15, -0.1) is 5.10 Å². The largest absolute Gasteiger partial charge is 0.497 e. The Balaban J connectivity index is 2.01. The van der Waals surface area contributed by atoms with Crippen LogP contribution in [0.4, 0.5) is 0 Å². The quantitative estimate of drug-likeness (QED) is 0.751. The maximum absolute atomic E-state index is 12.3. The van der Waals surface area contributed by atoms with Crippen LogP contribution >= 0.6 is 11.8 Å². The molecule has 2 N–H and O–H groups in total. The van der Waals surface area contributed by atoms with E-state index in [0.717, 1.165) is 17.7 Å². The summed E-state index contributed by atoms with van der Waals surface area (Å²) >= 11 is 1.34. The molecule has 0 saturated carbocycles. The summed E-state index contributed by atoms with van der Waals surface area (Å²) in [6.45, 7) is 7.93. The van der Waals surface area contributed by atoms with Gasteiger partial charge in [0.15, 0.2) is 5.82 Å². The fraction of sp³-hybridized carbons (Fsp3) is 0.471. The maximum atomic E-state index is 12.3. The van der Waals surface area contributed by atoms with Gasteiger partial charge in [0.25, 0.3) is 0 Å². The first-order valence-corrected chi connectivity index (χ1v) is 8.78. The number of ether oxygens (including phenoxy) is 1. The van der Waals surface area contributed by atoms with Crippen molar-refractivity contribution in [1.82, 2.24) is 20.5 Å². The van der Waals surface area contributed by atoms with E-state index in [1.165, 1.54) is 11.8 Å². The molecule has 0 aliphatic rings. The number of hydrogen-bond acceptors (Lipinski definition) is 5. The molecule has 0 spiro atoms. The lowest BCUT2D eigenvalue weighted by Crippen LogP contribution is -2.46. The minimum Gasteiger partial charge on any atom is -0.497 e. The average molecular weight is 348 g/mol. The Labute approximate surface area is 146 Å². The smallest absolute Gasteiger partial charge is 0.233 e. The number of nitrogens with one attached hydrogen (secondary N) is 2. The third kappa shape index (κ3) is 4.74. The van der Waals surface area contributed by atoms with E-state index in [4.69, 9.17) is 4.74 Å². The van der Waals surface area contributed by atoms with E-state index < -0.39 is 0 Å². The van der Waals surface area contributed by atoms with Gasteiger partial charge in [-0.25, -0.2) is 4.98 Å². The third-order valence-electron chi connectivity index (χ3n) is 3.83. The van der Waals surface area contributed by atoms with E-state index in [1.807, 2.05) is 45.0 Å². The lowest BCUT2D eigenvalue weighted by atomic mass is 10.0. The SMILES string of the molecule is CCC(C)(C)NC(=O)C(C)Sc1n[nH]c(-c2ccc(OC)cc2)n1. The maximum Gasteiger partial charge on any atom is 0.233 e. The van der Waals surface area contributed by atoms with Gasteiger partial charge in [-0.05, 0) is 51.5 Å². The third-order valence-corrected chi connectivity index (χ3v) is 4.79. The molecule has 1 aromatic carbocycles. The molecule has 0 radical (unpaired) electrons. The molecule has 7 heteroatoms. The van der Waals surface area contributed by atoms with E-state index in [0.29, 0.717) is 11.0 Å². The number of amides is 1. The molecule has 6 nitrogen and oxygen atoms in total. The van der Waals surface area contributed by atoms with Crippen molar-refractivity contribution >= 4 is 17.7 Å². The molecule has 0 saturated heterocycles. The number of H-pyrrole nitrogens is 1. The van der Waals surface area contributed by atoms with Crippen molar-refractivity contribution in [3.05, 3.63) is 24.3 Å². The zero-order valence-corrected chi connectivity index (χ0v) is 15.5. The zero-order valence-electron chi connectivity index (χ0n) is 14.7. The highest BCUT2D eigenvalue weighted by atomic mass is 32.2. The topological polar surface area (TPSA) is 79.9 Å². The average Bonchev–Trinajstić information content (AvgIpc) is 3.03. The Morgan fingerprint density at radius 1 is 1.38 bits per heavy atom. The summed E-state index contributed by atoms with van der Waals surface area (Å²) in [6, 6.07) is 7.56. The minimum absolute atomic E-state index is 0.0114. The van der Waals surface area contributed by atoms with Crippen molar-refractivity contribution < 1.29 is 9.53 Å². The van der Waals surface area contributed by atoms with E-state index in [-0.39, 0.29) is 16.7 Å². The summed E-state index contributed by atoms with van der Waals surface area (Å²) in [5.74, 6) is 1.45. The van der Waals surface area contributed by atoms with Crippen molar-refractivity contribution in [2.24, 2.45) is 0 Å². The Morgan fingerprint density at radius 2 is 2.04 bits per heavy atom. The number of rotatable bonds is 7. The first kappa shape index (κ1) is 18.3. The molecule has 2 aromatic rings. The van der Waals surface area contributed by atoms with Gasteiger partial charge < -0.3 is 10.1 Å². The molecule has 1 unspecified atom stereocenters. The molecule has 1 atom stereocenters. The Kier molecular flexibility index (Phi) is 5.88. The number of carbonyl (C=O) groups is 1. The van der Waals surface area contributed by atoms with Crippen LogP contribution in [-0.2, 0) is 4.79 Å². The highest BCUT2D eigenvalue weighted by Gasteiger charge is 2.23. The monoisotopic (exact) mass is 348 g/mol. The minimum atomic E-state index is -0.268. The number of aromatic amines is 1. The summed E-state index contributed by atoms with van der Waals surface area (Å²) in [5.41, 5.74) is 0.707. The molecule has 1 heterocycles. The number of hydrogen-bond donors (Lipinski definition) is 2. The molecule has 0 aliphatic carbocycles. The second kappa shape index (κ2) is 7.70. The van der Waals surface area contributed by atoms with Crippen LogP contribution in [-0.4, -0.2) is 39.0 Å². The highest BCUT2D eigenvalue weighted by molar-refractivity contribution is 8.00. The normalized spacial score (nSPS) is 12.7. The standard InChI is InChI=1S/C17H24N4O2S/c1-6-17(3,4)19-15(22)11(2)24-16-18-14(20-21-16)12-7-9-13(23-5)10-8-12/h7-11H,6H2,1-5H3,(H,19,22)(H,18,20,21). The lowest BCUT2D eigenvalue weighted by Gasteiger charge is -2.26. The molecule has 1 aromatic heterocycles. The van der Waals surface area contributed by atoms with Crippen molar-refractivity contribution in [3.8, 4) is 17.1 Å². The lowest BCUT2D eigenvalue weighted by molar-refractivity contribution is -0.121. The zero-order chi connectivity index (χ0) is 17.7. The fourth-order valence-corrected chi connectivity index (χ4v) is 2.64. The molecule has 24 heavy (non-hydrogen) atoms. The van der Waals surface area contributed by atoms with Gasteiger partial charge in [-0.2, -0.15) is 0 Å². The first-order valence-electron chi connectivity index (χ1n) is 7.90. The number of aromatic nitrogens is 3. The summed E-state index contributed by atoms with van der Waals surface area (Å²) in [4.78, 5) is 16.7. The number of methoxy groups -OCH3 is 1. The van der Waals surface area contributed by atoms with Crippen LogP contribution in [0, 0.1) is 0 Å². The first-order chi connectivity index (χ1) is 11.3. The van der Waals surface area contributed by atoms with Crippen LogP contribution in [0.5, 0.6) is 5.75 Å². The predicted molar refractivity (Wildman–Crippen MR) is 96.2 cm³/mol. The van der Waals surface area contributed by atoms with E-state index in [1.54, 1.807) is 7.11 Å². The molecule has 2 rings (SSSR count). The van der Waals surface area contributed by atoms with Gasteiger partial charge in [-0.1, -0.05) is 18.7 Å². The molecule has 130 valence electrons. The number of thioether (sulfide) groups is 1. The number of carbonyl (C=O) groups excluding carboxylic acids is 1. The van der Waals surface area contributed by atoms with Gasteiger partial charge in [0, 0.05) is 11.1 Å². The Bertz CT molecular complexity index is 682. The Morgan fingerprint density at radius 3 is 2.62 bits per heavy atom. The van der Waals surface area contributed by atoms with Crippen molar-refractivity contribution in [2.45, 2.75) is 50.1 Å². The molecule has 1 amide bonds. The van der Waals surface area contributed by atoms with Crippen LogP contribution in [0.1, 0.15) is 34.1 Å². The second-order valence-corrected chi connectivity index (χ2v) is 7.49. The van der Waals surface area contributed by atoms with Crippen LogP contribution in [0.3, 0.4) is 0 Å². The van der Waals surface area contributed by atoms with E-state index >= 15 is 0 Å². The van der Waals surface area contributed by atoms with Crippen LogP contribution in [0.15, 0.2) is 29.4 Å². The van der Waals surface area contributed by atoms with Crippen LogP contribution in [0.25, 0.3) is 11.4 Å². The number of nitrogens with zero attached hydrogens (tertiary/aromatic N) is 2. The van der Waals surface area contributed by atoms with Crippen molar-refractivity contribution in [3.63, 3.8) is 0 Å². The molecular weight excluding hydrogens is 324 g/mol. The molecule has 0 bridgehead atoms. The summed E-state index contributed by atoms with van der Waals surface area (Å²) < 4.78 is 5.14. The van der Waals surface area contributed by atoms with E-state index in [2.05, 4.69) is 27.4 Å². The summed E-state index contributed by atoms with van der Waals surface area (Å²) in [5, 5.41) is 10.4. The highest BCUT2D eigenvalue weighted by Crippen LogP contribution is 2.24. The van der Waals surface area contributed by atoms with Crippen LogP contribution in [0.2, 0.25) is 0 Å². The van der Waals surface area contributed by atoms with E-state index in [9.17, 15) is 4.79 Å². The van der Waals surface area contributed by atoms with Gasteiger partial charge in [0.2, 0.25) is 11.1 Å². The molecular formula is C17H24N4O2S. The van der Waals surface area contributed by atoms with Gasteiger partial charge in [0.05, 0.1) is 12.4 Å². The van der Waals surface area contributed by atoms with Gasteiger partial charge in [-0.3, -0.25) is 9.89 Å². The second-order valence-electron chi connectivity index (χ2n) is 6.18. The Hall–Kier alpha value is -2.02. The number of benzene rings is 1. The summed E-state index contributed by atoms with van der Waals surface area (Å²) in [6.07, 6.45) is 0.873. The predicted octanol–water partition coefficient (Wildman–Crippen LogP) is 3.27. The van der Waals surface area contributed by atoms with Crippen molar-refractivity contribution in [1.29, 1.82) is 0 Å². The van der Waals surface area contributed by atoms with Gasteiger partial charge in [0.1, 0.15) is 5.75 Å². The van der Waals surface area contributed by atoms with Crippen molar-refractivity contribution in [2.75, 3.05) is 7.11 Å². The van der Waals surface area contributed by atoms with Gasteiger partial charge >= 0.3 is 0 Å². The fourth-order valence-electron chi connectivity index (χ4n) is 1.91. The molecule has 0 fully saturated rings. The molecule has 0 aliphatic heterocycles.